The van der Waals surface area contributed by atoms with Crippen molar-refractivity contribution in [2.45, 2.75) is 88.5 Å². The molecule has 7 atom stereocenters. The first-order valence-electron chi connectivity index (χ1n) is 11.4. The summed E-state index contributed by atoms with van der Waals surface area (Å²) in [5, 5.41) is 40.2. The van der Waals surface area contributed by atoms with Gasteiger partial charge >= 0.3 is 5.69 Å². The molecule has 1 aromatic rings. The number of fused-ring (bicyclic) bond motifs is 1. The third-order valence-electron chi connectivity index (χ3n) is 6.70. The van der Waals surface area contributed by atoms with Crippen molar-refractivity contribution in [3.8, 4) is 12.1 Å². The summed E-state index contributed by atoms with van der Waals surface area (Å²) in [6.07, 6.45) is -0.899. The van der Waals surface area contributed by atoms with E-state index >= 15 is 0 Å². The molecular formula is C23H31N5O7. The minimum Gasteiger partial charge on any atom is -0.491 e. The number of aromatic nitrogens is 2. The highest BCUT2D eigenvalue weighted by Crippen LogP contribution is 2.49. The van der Waals surface area contributed by atoms with Gasteiger partial charge in [0.05, 0.1) is 24.6 Å². The van der Waals surface area contributed by atoms with Gasteiger partial charge < -0.3 is 34.9 Å². The number of nitrogen functional groups attached to an aromatic ring is 1. The zero-order chi connectivity index (χ0) is 26.0. The van der Waals surface area contributed by atoms with Crippen LogP contribution in [0, 0.1) is 22.7 Å². The maximum absolute atomic E-state index is 12.6. The van der Waals surface area contributed by atoms with Gasteiger partial charge in [-0.15, -0.1) is 0 Å². The molecule has 190 valence electrons. The van der Waals surface area contributed by atoms with Crippen LogP contribution in [-0.4, -0.2) is 61.7 Å². The molecule has 2 fully saturated rings. The second kappa shape index (κ2) is 9.93. The highest BCUT2D eigenvalue weighted by molar-refractivity contribution is 5.24. The lowest BCUT2D eigenvalue weighted by atomic mass is 9.90. The van der Waals surface area contributed by atoms with E-state index in [9.17, 15) is 20.3 Å². The van der Waals surface area contributed by atoms with E-state index in [1.54, 1.807) is 13.8 Å². The third-order valence-corrected chi connectivity index (χ3v) is 6.70. The van der Waals surface area contributed by atoms with E-state index in [1.807, 2.05) is 12.1 Å². The molecule has 4 N–H and O–H groups in total. The zero-order valence-corrected chi connectivity index (χ0v) is 20.2. The average molecular weight is 490 g/mol. The second-order valence-corrected chi connectivity index (χ2v) is 9.06. The topological polar surface area (TPSA) is 186 Å². The van der Waals surface area contributed by atoms with E-state index < -0.39 is 47.2 Å². The summed E-state index contributed by atoms with van der Waals surface area (Å²) in [7, 11) is 0. The maximum Gasteiger partial charge on any atom is 0.351 e. The predicted molar refractivity (Wildman–Crippen MR) is 121 cm³/mol. The molecule has 0 radical (unpaired) electrons. The molecule has 0 amide bonds. The summed E-state index contributed by atoms with van der Waals surface area (Å²) in [5.74, 6) is -1.61. The molecule has 0 spiro atoms. The van der Waals surface area contributed by atoms with Gasteiger partial charge in [-0.1, -0.05) is 13.8 Å². The number of rotatable bonds is 9. The second-order valence-electron chi connectivity index (χ2n) is 9.06. The van der Waals surface area contributed by atoms with Crippen LogP contribution in [0.25, 0.3) is 0 Å². The number of hydrogen-bond donors (Lipinski definition) is 3. The van der Waals surface area contributed by atoms with Crippen LogP contribution < -0.4 is 11.4 Å². The van der Waals surface area contributed by atoms with Crippen LogP contribution in [0.4, 0.5) is 5.82 Å². The number of ether oxygens (including phenoxy) is 4. The van der Waals surface area contributed by atoms with Crippen LogP contribution in [0.3, 0.4) is 0 Å². The minimum absolute atomic E-state index is 0.0325. The Bertz CT molecular complexity index is 1100. The standard InChI is InChI=1S/C23H31N5O7/c1-5-21(3,30)15(7-10-24)32-13-14-17-18(19(33-14)28-12-8-16(26)27-20(28)29)35-23(34-17,9-11-25)22(4,31)6-2/h7-8,12,14,17-19,30-31H,5-6,9,13H2,1-4H3,(H2,26,27,29)/b15-7-/t14-,17-,18-,19-,21?,22?,23?/m1/s1. The largest absolute Gasteiger partial charge is 0.491 e. The van der Waals surface area contributed by atoms with Gasteiger partial charge in [0, 0.05) is 6.20 Å². The average Bonchev–Trinajstić information content (AvgIpc) is 3.34. The smallest absolute Gasteiger partial charge is 0.351 e. The van der Waals surface area contributed by atoms with Crippen LogP contribution in [-0.2, 0) is 18.9 Å². The number of nitrogens with two attached hydrogens (primary N) is 1. The Labute approximate surface area is 203 Å². The molecule has 3 unspecified atom stereocenters. The molecule has 12 heteroatoms. The molecule has 3 rings (SSSR count). The number of anilines is 1. The van der Waals surface area contributed by atoms with Crippen LogP contribution in [0.1, 0.15) is 53.2 Å². The van der Waals surface area contributed by atoms with Gasteiger partial charge in [0.25, 0.3) is 0 Å². The Morgan fingerprint density at radius 1 is 1.31 bits per heavy atom. The molecular weight excluding hydrogens is 458 g/mol. The van der Waals surface area contributed by atoms with Gasteiger partial charge in [-0.05, 0) is 32.8 Å². The number of hydrogen-bond acceptors (Lipinski definition) is 11. The summed E-state index contributed by atoms with van der Waals surface area (Å²) >= 11 is 0. The predicted octanol–water partition coefficient (Wildman–Crippen LogP) is 0.863. The number of allylic oxidation sites excluding steroid dienone is 1. The van der Waals surface area contributed by atoms with Crippen molar-refractivity contribution < 1.29 is 29.2 Å². The molecule has 0 saturated carbocycles. The highest BCUT2D eigenvalue weighted by Gasteiger charge is 2.64. The number of aliphatic hydroxyl groups is 2. The van der Waals surface area contributed by atoms with Gasteiger partial charge in [0.2, 0.25) is 5.79 Å². The van der Waals surface area contributed by atoms with Crippen LogP contribution in [0.2, 0.25) is 0 Å². The maximum atomic E-state index is 12.6. The number of nitriles is 2. The van der Waals surface area contributed by atoms with Gasteiger partial charge in [0.15, 0.2) is 6.23 Å². The Balaban J connectivity index is 1.98. The Morgan fingerprint density at radius 2 is 2.00 bits per heavy atom. The fourth-order valence-electron chi connectivity index (χ4n) is 4.08. The van der Waals surface area contributed by atoms with Crippen LogP contribution in [0.15, 0.2) is 28.9 Å². The van der Waals surface area contributed by atoms with Crippen molar-refractivity contribution in [2.24, 2.45) is 0 Å². The van der Waals surface area contributed by atoms with Crippen molar-refractivity contribution in [1.29, 1.82) is 10.5 Å². The summed E-state index contributed by atoms with van der Waals surface area (Å²) in [5.41, 5.74) is 2.00. The lowest BCUT2D eigenvalue weighted by Crippen LogP contribution is -2.54. The van der Waals surface area contributed by atoms with Gasteiger partial charge in [0.1, 0.15) is 47.7 Å². The Kier molecular flexibility index (Phi) is 7.55. The normalized spacial score (nSPS) is 31.6. The summed E-state index contributed by atoms with van der Waals surface area (Å²) in [6, 6.07) is 5.29. The fourth-order valence-corrected chi connectivity index (χ4v) is 4.08. The summed E-state index contributed by atoms with van der Waals surface area (Å²) in [4.78, 5) is 16.3. The summed E-state index contributed by atoms with van der Waals surface area (Å²) in [6.45, 7) is 6.33. The van der Waals surface area contributed by atoms with Gasteiger partial charge in [-0.2, -0.15) is 15.5 Å². The first-order chi connectivity index (χ1) is 16.4. The molecule has 0 aromatic carbocycles. The first-order valence-corrected chi connectivity index (χ1v) is 11.4. The molecule has 2 saturated heterocycles. The van der Waals surface area contributed by atoms with E-state index in [1.165, 1.54) is 30.7 Å². The third kappa shape index (κ3) is 4.89. The first kappa shape index (κ1) is 26.6. The van der Waals surface area contributed by atoms with E-state index in [0.29, 0.717) is 0 Å². The minimum atomic E-state index is -1.68. The van der Waals surface area contributed by atoms with Crippen molar-refractivity contribution in [1.82, 2.24) is 9.55 Å². The molecule has 2 aliphatic heterocycles. The Hall–Kier alpha value is -3.00. The van der Waals surface area contributed by atoms with E-state index in [2.05, 4.69) is 4.98 Å². The van der Waals surface area contributed by atoms with Gasteiger partial charge in [-0.3, -0.25) is 4.57 Å². The van der Waals surface area contributed by atoms with Crippen molar-refractivity contribution in [2.75, 3.05) is 12.3 Å². The highest BCUT2D eigenvalue weighted by atomic mass is 16.8. The summed E-state index contributed by atoms with van der Waals surface area (Å²) < 4.78 is 25.4. The van der Waals surface area contributed by atoms with Crippen molar-refractivity contribution in [3.63, 3.8) is 0 Å². The molecule has 35 heavy (non-hydrogen) atoms. The molecule has 0 bridgehead atoms. The molecule has 12 nitrogen and oxygen atoms in total. The van der Waals surface area contributed by atoms with Gasteiger partial charge in [-0.25, -0.2) is 4.79 Å². The fraction of sp³-hybridized carbons (Fsp3) is 0.652. The van der Waals surface area contributed by atoms with Crippen LogP contribution >= 0.6 is 0 Å². The molecule has 1 aromatic heterocycles. The van der Waals surface area contributed by atoms with E-state index in [4.69, 9.17) is 29.9 Å². The lowest BCUT2D eigenvalue weighted by molar-refractivity contribution is -0.294. The Morgan fingerprint density at radius 3 is 2.57 bits per heavy atom. The van der Waals surface area contributed by atoms with Crippen molar-refractivity contribution >= 4 is 5.82 Å². The number of nitrogens with zero attached hydrogens (tertiary/aromatic N) is 4. The van der Waals surface area contributed by atoms with Crippen LogP contribution in [0.5, 0.6) is 0 Å². The molecule has 0 aliphatic carbocycles. The van der Waals surface area contributed by atoms with E-state index in [0.717, 1.165) is 6.08 Å². The molecule has 2 aliphatic rings. The van der Waals surface area contributed by atoms with E-state index in [-0.39, 0.29) is 37.4 Å². The lowest BCUT2D eigenvalue weighted by Gasteiger charge is -2.40. The SMILES string of the molecule is CCC(C)(O)/C(=C/C#N)OC[C@H]1O[C@@H](n2ccc(N)nc2=O)[C@@H]2OC(CC#N)(C(C)(O)CC)O[C@@H]21. The zero-order valence-electron chi connectivity index (χ0n) is 20.2. The molecule has 3 heterocycles. The van der Waals surface area contributed by atoms with Crippen molar-refractivity contribution in [3.05, 3.63) is 34.6 Å². The quantitative estimate of drug-likeness (QED) is 0.330. The monoisotopic (exact) mass is 489 g/mol.